The van der Waals surface area contributed by atoms with Crippen LogP contribution in [0.25, 0.3) is 17.6 Å². The second kappa shape index (κ2) is 6.41. The summed E-state index contributed by atoms with van der Waals surface area (Å²) >= 11 is 6.08. The van der Waals surface area contributed by atoms with E-state index >= 15 is 0 Å². The van der Waals surface area contributed by atoms with Crippen LogP contribution in [0, 0.1) is 0 Å². The zero-order valence-corrected chi connectivity index (χ0v) is 12.4. The monoisotopic (exact) mass is 306 g/mol. The van der Waals surface area contributed by atoms with Crippen molar-refractivity contribution >= 4 is 23.7 Å². The minimum Gasteiger partial charge on any atom is -0.491 e. The van der Waals surface area contributed by atoms with E-state index in [0.717, 1.165) is 5.56 Å². The summed E-state index contributed by atoms with van der Waals surface area (Å²) in [5.41, 5.74) is 5.75. The normalized spacial score (nSPS) is 11.2. The smallest absolute Gasteiger partial charge is 0.242 e. The molecule has 21 heavy (non-hydrogen) atoms. The maximum Gasteiger partial charge on any atom is 0.242 e. The Kier molecular flexibility index (Phi) is 4.59. The lowest BCUT2D eigenvalue weighted by Crippen LogP contribution is -2.06. The van der Waals surface area contributed by atoms with Crippen molar-refractivity contribution < 1.29 is 9.53 Å². The molecule has 1 aromatic carbocycles. The number of aromatic nitrogens is 3. The molecule has 0 fully saturated rings. The number of rotatable bonds is 5. The molecule has 0 aliphatic rings. The zero-order chi connectivity index (χ0) is 15.4. The molecule has 0 bridgehead atoms. The minimum atomic E-state index is -0.553. The van der Waals surface area contributed by atoms with Gasteiger partial charge < -0.3 is 10.5 Å². The van der Waals surface area contributed by atoms with Crippen molar-refractivity contribution in [2.45, 2.75) is 20.0 Å². The largest absolute Gasteiger partial charge is 0.491 e. The van der Waals surface area contributed by atoms with Crippen molar-refractivity contribution in [1.82, 2.24) is 14.8 Å². The minimum absolute atomic E-state index is 0.0420. The van der Waals surface area contributed by atoms with Gasteiger partial charge in [0.15, 0.2) is 5.82 Å². The van der Waals surface area contributed by atoms with Crippen LogP contribution < -0.4 is 10.5 Å². The van der Waals surface area contributed by atoms with Crippen molar-refractivity contribution in [3.8, 4) is 17.1 Å². The second-order valence-electron chi connectivity index (χ2n) is 4.61. The number of hydrogen-bond donors (Lipinski definition) is 1. The van der Waals surface area contributed by atoms with E-state index < -0.39 is 5.91 Å². The van der Waals surface area contributed by atoms with Gasteiger partial charge in [-0.3, -0.25) is 4.79 Å². The highest BCUT2D eigenvalue weighted by molar-refractivity contribution is 6.31. The van der Waals surface area contributed by atoms with E-state index in [4.69, 9.17) is 22.1 Å². The number of halogens is 1. The molecule has 0 saturated heterocycles. The first-order valence-electron chi connectivity index (χ1n) is 6.30. The zero-order valence-electron chi connectivity index (χ0n) is 11.7. The van der Waals surface area contributed by atoms with Crippen molar-refractivity contribution in [2.75, 3.05) is 0 Å². The van der Waals surface area contributed by atoms with Gasteiger partial charge in [-0.15, -0.1) is 5.10 Å². The molecule has 0 aliphatic carbocycles. The van der Waals surface area contributed by atoms with E-state index in [9.17, 15) is 4.79 Å². The molecule has 1 amide bonds. The number of hydrogen-bond acceptors (Lipinski definition) is 4. The van der Waals surface area contributed by atoms with Gasteiger partial charge in [0, 0.05) is 22.9 Å². The molecule has 0 aliphatic heterocycles. The lowest BCUT2D eigenvalue weighted by molar-refractivity contribution is -0.113. The van der Waals surface area contributed by atoms with Crippen LogP contribution in [-0.4, -0.2) is 26.8 Å². The van der Waals surface area contributed by atoms with E-state index in [1.165, 1.54) is 23.3 Å². The molecule has 0 radical (unpaired) electrons. The molecular formula is C14H15ClN4O2. The Hall–Kier alpha value is -2.34. The lowest BCUT2D eigenvalue weighted by atomic mass is 10.2. The third-order valence-corrected chi connectivity index (χ3v) is 2.62. The molecule has 0 atom stereocenters. The molecule has 0 unspecified atom stereocenters. The number of primary amides is 1. The summed E-state index contributed by atoms with van der Waals surface area (Å²) < 4.78 is 7.01. The van der Waals surface area contributed by atoms with E-state index in [1.54, 1.807) is 12.1 Å². The number of ether oxygens (including phenoxy) is 1. The molecular weight excluding hydrogens is 292 g/mol. The number of nitrogens with zero attached hydrogens (tertiary/aromatic N) is 3. The topological polar surface area (TPSA) is 83.0 Å². The summed E-state index contributed by atoms with van der Waals surface area (Å²) in [6.45, 7) is 3.87. The van der Waals surface area contributed by atoms with Gasteiger partial charge in [-0.25, -0.2) is 9.67 Å². The quantitative estimate of drug-likeness (QED) is 0.859. The van der Waals surface area contributed by atoms with Crippen LogP contribution in [0.3, 0.4) is 0 Å². The average molecular weight is 307 g/mol. The summed E-state index contributed by atoms with van der Waals surface area (Å²) in [4.78, 5) is 14.8. The Morgan fingerprint density at radius 2 is 2.19 bits per heavy atom. The molecule has 0 saturated carbocycles. The van der Waals surface area contributed by atoms with Crippen LogP contribution in [0.15, 0.2) is 30.6 Å². The first-order chi connectivity index (χ1) is 9.94. The van der Waals surface area contributed by atoms with Gasteiger partial charge in [-0.1, -0.05) is 11.6 Å². The van der Waals surface area contributed by atoms with Crippen LogP contribution in [0.2, 0.25) is 5.02 Å². The highest BCUT2D eigenvalue weighted by Gasteiger charge is 2.08. The van der Waals surface area contributed by atoms with Crippen LogP contribution >= 0.6 is 11.6 Å². The van der Waals surface area contributed by atoms with Crippen LogP contribution in [0.4, 0.5) is 0 Å². The van der Waals surface area contributed by atoms with Gasteiger partial charge in [0.1, 0.15) is 12.1 Å². The number of carbonyl (C=O) groups excluding carboxylic acids is 1. The molecule has 110 valence electrons. The maximum absolute atomic E-state index is 10.7. The van der Waals surface area contributed by atoms with Crippen LogP contribution in [-0.2, 0) is 4.79 Å². The fourth-order valence-corrected chi connectivity index (χ4v) is 1.89. The molecule has 6 nitrogen and oxygen atoms in total. The van der Waals surface area contributed by atoms with Crippen molar-refractivity contribution in [2.24, 2.45) is 5.73 Å². The fraction of sp³-hybridized carbons (Fsp3) is 0.214. The van der Waals surface area contributed by atoms with Crippen molar-refractivity contribution in [1.29, 1.82) is 0 Å². The molecule has 0 spiro atoms. The standard InChI is InChI=1S/C14H15ClN4O2/c1-9(2)21-12-6-10(5-11(15)7-12)14-17-8-19(18-14)4-3-13(16)20/h3-9H,1-2H3,(H2,16,20). The van der Waals surface area contributed by atoms with Crippen molar-refractivity contribution in [3.63, 3.8) is 0 Å². The molecule has 2 aromatic rings. The van der Waals surface area contributed by atoms with Gasteiger partial charge in [-0.2, -0.15) is 0 Å². The van der Waals surface area contributed by atoms with Gasteiger partial charge in [0.25, 0.3) is 0 Å². The summed E-state index contributed by atoms with van der Waals surface area (Å²) in [6.07, 6.45) is 4.14. The summed E-state index contributed by atoms with van der Waals surface area (Å²) in [5, 5.41) is 4.75. The Morgan fingerprint density at radius 3 is 2.86 bits per heavy atom. The lowest BCUT2D eigenvalue weighted by Gasteiger charge is -2.10. The second-order valence-corrected chi connectivity index (χ2v) is 5.04. The average Bonchev–Trinajstić information content (AvgIpc) is 2.83. The van der Waals surface area contributed by atoms with Gasteiger partial charge in [0.2, 0.25) is 5.91 Å². The predicted octanol–water partition coefficient (Wildman–Crippen LogP) is 2.34. The SMILES string of the molecule is CC(C)Oc1cc(Cl)cc(-c2ncn(C=CC(N)=O)n2)c1. The van der Waals surface area contributed by atoms with Gasteiger partial charge in [-0.05, 0) is 32.0 Å². The Morgan fingerprint density at radius 1 is 1.43 bits per heavy atom. The molecule has 7 heteroatoms. The molecule has 1 heterocycles. The number of amides is 1. The third kappa shape index (κ3) is 4.32. The molecule has 1 aromatic heterocycles. The van der Waals surface area contributed by atoms with Gasteiger partial charge >= 0.3 is 0 Å². The Labute approximate surface area is 127 Å². The highest BCUT2D eigenvalue weighted by Crippen LogP contribution is 2.27. The summed E-state index contributed by atoms with van der Waals surface area (Å²) in [7, 11) is 0. The van der Waals surface area contributed by atoms with Crippen LogP contribution in [0.1, 0.15) is 13.8 Å². The third-order valence-electron chi connectivity index (χ3n) is 2.40. The van der Waals surface area contributed by atoms with Crippen LogP contribution in [0.5, 0.6) is 5.75 Å². The summed E-state index contributed by atoms with van der Waals surface area (Å²) in [5.74, 6) is 0.569. The highest BCUT2D eigenvalue weighted by atomic mass is 35.5. The van der Waals surface area contributed by atoms with E-state index in [-0.39, 0.29) is 6.10 Å². The fourth-order valence-electron chi connectivity index (χ4n) is 1.66. The molecule has 2 rings (SSSR count). The van der Waals surface area contributed by atoms with E-state index in [2.05, 4.69) is 10.1 Å². The Bertz CT molecular complexity index is 679. The van der Waals surface area contributed by atoms with E-state index in [0.29, 0.717) is 16.6 Å². The first-order valence-corrected chi connectivity index (χ1v) is 6.68. The molecule has 2 N–H and O–H groups in total. The van der Waals surface area contributed by atoms with E-state index in [1.807, 2.05) is 19.9 Å². The first kappa shape index (κ1) is 15.1. The number of benzene rings is 1. The maximum atomic E-state index is 10.7. The number of carbonyl (C=O) groups is 1. The van der Waals surface area contributed by atoms with Gasteiger partial charge in [0.05, 0.1) is 6.10 Å². The number of nitrogens with two attached hydrogens (primary N) is 1. The van der Waals surface area contributed by atoms with Crippen molar-refractivity contribution in [3.05, 3.63) is 35.6 Å². The Balaban J connectivity index is 2.29. The predicted molar refractivity (Wildman–Crippen MR) is 80.8 cm³/mol. The summed E-state index contributed by atoms with van der Waals surface area (Å²) in [6, 6.07) is 5.28.